The van der Waals surface area contributed by atoms with Crippen molar-refractivity contribution >= 4 is 5.96 Å². The summed E-state index contributed by atoms with van der Waals surface area (Å²) < 4.78 is 11.6. The molecular weight excluding hydrogens is 338 g/mol. The highest BCUT2D eigenvalue weighted by molar-refractivity contribution is 5.80. The fourth-order valence-corrected chi connectivity index (χ4v) is 3.18. The van der Waals surface area contributed by atoms with Gasteiger partial charge < -0.3 is 19.7 Å². The summed E-state index contributed by atoms with van der Waals surface area (Å²) in [5.74, 6) is 2.20. The molecule has 1 atom stereocenters. The molecule has 1 aromatic rings. The first-order chi connectivity index (χ1) is 13.2. The molecule has 1 heterocycles. The summed E-state index contributed by atoms with van der Waals surface area (Å²) in [5, 5.41) is 3.43. The zero-order chi connectivity index (χ0) is 19.3. The minimum absolute atomic E-state index is 0.576. The number of hydrogen-bond donors (Lipinski definition) is 1. The van der Waals surface area contributed by atoms with Crippen LogP contribution in [0.2, 0.25) is 0 Å². The highest BCUT2D eigenvalue weighted by Gasteiger charge is 2.24. The van der Waals surface area contributed by atoms with Crippen molar-refractivity contribution in [1.29, 1.82) is 0 Å². The summed E-state index contributed by atoms with van der Waals surface area (Å²) in [6.07, 6.45) is 2.13. The SMILES string of the molecule is CCNC(=NCCCOCC(C)C)N1CCC(COCc2ccccc2)C1. The molecule has 1 fully saturated rings. The van der Waals surface area contributed by atoms with Crippen LogP contribution in [0.3, 0.4) is 0 Å². The summed E-state index contributed by atoms with van der Waals surface area (Å²) in [7, 11) is 0. The lowest BCUT2D eigenvalue weighted by molar-refractivity contribution is 0.0906. The molecule has 5 heteroatoms. The van der Waals surface area contributed by atoms with Crippen LogP contribution in [-0.2, 0) is 16.1 Å². The van der Waals surface area contributed by atoms with E-state index in [1.165, 1.54) is 5.56 Å². The third-order valence-corrected chi connectivity index (χ3v) is 4.54. The molecule has 2 rings (SSSR count). The first kappa shape index (κ1) is 21.7. The van der Waals surface area contributed by atoms with E-state index in [0.717, 1.165) is 64.8 Å². The van der Waals surface area contributed by atoms with Gasteiger partial charge in [0.05, 0.1) is 13.2 Å². The van der Waals surface area contributed by atoms with Gasteiger partial charge in [-0.1, -0.05) is 44.2 Å². The van der Waals surface area contributed by atoms with Crippen molar-refractivity contribution in [3.63, 3.8) is 0 Å². The van der Waals surface area contributed by atoms with Gasteiger partial charge in [0.2, 0.25) is 0 Å². The molecule has 0 spiro atoms. The zero-order valence-corrected chi connectivity index (χ0v) is 17.3. The maximum atomic E-state index is 5.93. The third kappa shape index (κ3) is 8.76. The van der Waals surface area contributed by atoms with E-state index in [4.69, 9.17) is 14.5 Å². The Morgan fingerprint density at radius 3 is 2.81 bits per heavy atom. The molecule has 1 unspecified atom stereocenters. The summed E-state index contributed by atoms with van der Waals surface area (Å²) in [4.78, 5) is 7.16. The molecule has 5 nitrogen and oxygen atoms in total. The highest BCUT2D eigenvalue weighted by atomic mass is 16.5. The fraction of sp³-hybridized carbons (Fsp3) is 0.682. The van der Waals surface area contributed by atoms with Crippen molar-refractivity contribution in [3.05, 3.63) is 35.9 Å². The van der Waals surface area contributed by atoms with Crippen molar-refractivity contribution in [3.8, 4) is 0 Å². The molecule has 1 N–H and O–H groups in total. The van der Waals surface area contributed by atoms with E-state index in [-0.39, 0.29) is 0 Å². The average Bonchev–Trinajstić information content (AvgIpc) is 3.13. The van der Waals surface area contributed by atoms with Gasteiger partial charge in [-0.05, 0) is 31.2 Å². The van der Waals surface area contributed by atoms with Crippen molar-refractivity contribution in [2.45, 2.75) is 40.2 Å². The van der Waals surface area contributed by atoms with E-state index < -0.39 is 0 Å². The van der Waals surface area contributed by atoms with Gasteiger partial charge in [-0.2, -0.15) is 0 Å². The topological polar surface area (TPSA) is 46.1 Å². The molecule has 0 saturated carbocycles. The van der Waals surface area contributed by atoms with Gasteiger partial charge in [-0.25, -0.2) is 0 Å². The lowest BCUT2D eigenvalue weighted by Crippen LogP contribution is -2.40. The molecule has 1 saturated heterocycles. The number of benzene rings is 1. The zero-order valence-electron chi connectivity index (χ0n) is 17.3. The smallest absolute Gasteiger partial charge is 0.193 e. The summed E-state index contributed by atoms with van der Waals surface area (Å²) in [6, 6.07) is 10.4. The lowest BCUT2D eigenvalue weighted by Gasteiger charge is -2.21. The standard InChI is InChI=1S/C22H37N3O2/c1-4-23-22(24-12-8-14-26-16-19(2)3)25-13-11-21(15-25)18-27-17-20-9-6-5-7-10-20/h5-7,9-10,19,21H,4,8,11-18H2,1-3H3,(H,23,24). The van der Waals surface area contributed by atoms with Gasteiger partial charge >= 0.3 is 0 Å². The Morgan fingerprint density at radius 2 is 2.07 bits per heavy atom. The van der Waals surface area contributed by atoms with E-state index in [9.17, 15) is 0 Å². The number of rotatable bonds is 11. The fourth-order valence-electron chi connectivity index (χ4n) is 3.18. The van der Waals surface area contributed by atoms with Crippen molar-refractivity contribution in [2.24, 2.45) is 16.8 Å². The van der Waals surface area contributed by atoms with Crippen LogP contribution >= 0.6 is 0 Å². The second-order valence-electron chi connectivity index (χ2n) is 7.66. The number of nitrogens with zero attached hydrogens (tertiary/aromatic N) is 2. The largest absolute Gasteiger partial charge is 0.381 e. The van der Waals surface area contributed by atoms with Crippen LogP contribution in [-0.4, -0.2) is 56.9 Å². The molecule has 0 bridgehead atoms. The Labute approximate surface area is 165 Å². The second-order valence-corrected chi connectivity index (χ2v) is 7.66. The van der Waals surface area contributed by atoms with Gasteiger partial charge in [-0.15, -0.1) is 0 Å². The molecular formula is C22H37N3O2. The van der Waals surface area contributed by atoms with Crippen molar-refractivity contribution in [2.75, 3.05) is 46.0 Å². The number of aliphatic imine (C=N–C) groups is 1. The van der Waals surface area contributed by atoms with Crippen molar-refractivity contribution < 1.29 is 9.47 Å². The summed E-state index contributed by atoms with van der Waals surface area (Å²) in [5.41, 5.74) is 1.24. The lowest BCUT2D eigenvalue weighted by atomic mass is 10.1. The van der Waals surface area contributed by atoms with Crippen LogP contribution in [0.25, 0.3) is 0 Å². The molecule has 1 aliphatic rings. The molecule has 1 aliphatic heterocycles. The maximum absolute atomic E-state index is 5.93. The second kappa shape index (κ2) is 12.7. The first-order valence-electron chi connectivity index (χ1n) is 10.4. The van der Waals surface area contributed by atoms with E-state index in [1.54, 1.807) is 0 Å². The Bertz CT molecular complexity index is 534. The Morgan fingerprint density at radius 1 is 1.26 bits per heavy atom. The molecule has 27 heavy (non-hydrogen) atoms. The van der Waals surface area contributed by atoms with E-state index in [2.05, 4.69) is 55.3 Å². The van der Waals surface area contributed by atoms with Gasteiger partial charge in [0.1, 0.15) is 0 Å². The molecule has 152 valence electrons. The molecule has 0 aromatic heterocycles. The van der Waals surface area contributed by atoms with E-state index >= 15 is 0 Å². The minimum atomic E-state index is 0.576. The predicted molar refractivity (Wildman–Crippen MR) is 112 cm³/mol. The van der Waals surface area contributed by atoms with Crippen LogP contribution < -0.4 is 5.32 Å². The summed E-state index contributed by atoms with van der Waals surface area (Å²) in [6.45, 7) is 13.4. The number of nitrogens with one attached hydrogen (secondary N) is 1. The van der Waals surface area contributed by atoms with Crippen LogP contribution in [0.15, 0.2) is 35.3 Å². The average molecular weight is 376 g/mol. The predicted octanol–water partition coefficient (Wildman–Crippen LogP) is 3.55. The highest BCUT2D eigenvalue weighted by Crippen LogP contribution is 2.17. The quantitative estimate of drug-likeness (QED) is 0.365. The maximum Gasteiger partial charge on any atom is 0.193 e. The normalized spacial score (nSPS) is 17.7. The van der Waals surface area contributed by atoms with E-state index in [0.29, 0.717) is 18.4 Å². The van der Waals surface area contributed by atoms with Crippen molar-refractivity contribution in [1.82, 2.24) is 10.2 Å². The molecule has 0 amide bonds. The third-order valence-electron chi connectivity index (χ3n) is 4.54. The summed E-state index contributed by atoms with van der Waals surface area (Å²) >= 11 is 0. The van der Waals surface area contributed by atoms with Gasteiger partial charge in [0.25, 0.3) is 0 Å². The van der Waals surface area contributed by atoms with Gasteiger partial charge in [0, 0.05) is 45.3 Å². The number of ether oxygens (including phenoxy) is 2. The Hall–Kier alpha value is -1.59. The number of guanidine groups is 1. The molecule has 0 radical (unpaired) electrons. The Balaban J connectivity index is 1.68. The minimum Gasteiger partial charge on any atom is -0.381 e. The Kier molecular flexibility index (Phi) is 10.2. The first-order valence-corrected chi connectivity index (χ1v) is 10.4. The van der Waals surface area contributed by atoms with E-state index in [1.807, 2.05) is 6.07 Å². The van der Waals surface area contributed by atoms with Gasteiger partial charge in [0.15, 0.2) is 5.96 Å². The van der Waals surface area contributed by atoms with Crippen LogP contribution in [0.5, 0.6) is 0 Å². The number of likely N-dealkylation sites (tertiary alicyclic amines) is 1. The van der Waals surface area contributed by atoms with Gasteiger partial charge in [-0.3, -0.25) is 4.99 Å². The number of hydrogen-bond acceptors (Lipinski definition) is 3. The van der Waals surface area contributed by atoms with Crippen LogP contribution in [0.1, 0.15) is 39.2 Å². The van der Waals surface area contributed by atoms with Crippen LogP contribution in [0, 0.1) is 11.8 Å². The molecule has 0 aliphatic carbocycles. The monoisotopic (exact) mass is 375 g/mol. The van der Waals surface area contributed by atoms with Crippen LogP contribution in [0.4, 0.5) is 0 Å². The molecule has 1 aromatic carbocycles.